The summed E-state index contributed by atoms with van der Waals surface area (Å²) >= 11 is 4.31. The summed E-state index contributed by atoms with van der Waals surface area (Å²) < 4.78 is 17.5. The van der Waals surface area contributed by atoms with Crippen LogP contribution in [0, 0.1) is 5.92 Å². The average molecular weight is 548 g/mol. The van der Waals surface area contributed by atoms with Gasteiger partial charge in [-0.25, -0.2) is 0 Å². The van der Waals surface area contributed by atoms with E-state index in [4.69, 9.17) is 14.2 Å². The first-order valence-electron chi connectivity index (χ1n) is 10.8. The third-order valence-corrected chi connectivity index (χ3v) is 6.09. The molecule has 9 heteroatoms. The molecule has 7 nitrogen and oxygen atoms in total. The van der Waals surface area contributed by atoms with Crippen LogP contribution in [0.5, 0.6) is 11.5 Å². The number of hydrogen-bond donors (Lipinski definition) is 0. The van der Waals surface area contributed by atoms with Crippen LogP contribution in [0.2, 0.25) is 0 Å². The minimum Gasteiger partial charge on any atom is -0.490 e. The van der Waals surface area contributed by atoms with Gasteiger partial charge in [0.25, 0.3) is 11.1 Å². The normalized spacial score (nSPS) is 14.7. The van der Waals surface area contributed by atoms with Crippen LogP contribution in [0.1, 0.15) is 31.9 Å². The quantitative estimate of drug-likeness (QED) is 0.280. The molecule has 180 valence electrons. The summed E-state index contributed by atoms with van der Waals surface area (Å²) in [5, 5.41) is -0.510. The van der Waals surface area contributed by atoms with Gasteiger partial charge < -0.3 is 14.2 Å². The zero-order chi connectivity index (χ0) is 24.7. The van der Waals surface area contributed by atoms with Gasteiger partial charge in [-0.1, -0.05) is 44.2 Å². The Morgan fingerprint density at radius 1 is 1.15 bits per heavy atom. The van der Waals surface area contributed by atoms with Gasteiger partial charge in [-0.3, -0.25) is 19.3 Å². The molecule has 0 atom stereocenters. The standard InChI is InChI=1S/C25H26BrNO6S/c1-4-31-20-11-18(10-19(26)23(20)33-15-17-8-6-5-7-9-17)12-21-24(29)27(25(30)34-21)13-22(28)32-14-16(2)3/h5-12,16H,4,13-15H2,1-3H3/b21-12+. The van der Waals surface area contributed by atoms with E-state index in [1.807, 2.05) is 51.1 Å². The molecule has 3 rings (SSSR count). The van der Waals surface area contributed by atoms with Crippen molar-refractivity contribution >= 4 is 50.9 Å². The van der Waals surface area contributed by atoms with Crippen molar-refractivity contribution in [3.63, 3.8) is 0 Å². The maximum atomic E-state index is 12.8. The lowest BCUT2D eigenvalue weighted by Gasteiger charge is -2.15. The predicted molar refractivity (Wildman–Crippen MR) is 135 cm³/mol. The molecule has 1 aliphatic heterocycles. The molecule has 0 aliphatic carbocycles. The molecule has 0 aromatic heterocycles. The number of halogens is 1. The Labute approximate surface area is 211 Å². The summed E-state index contributed by atoms with van der Waals surface area (Å²) in [4.78, 5) is 38.2. The second kappa shape index (κ2) is 12.1. The third-order valence-electron chi connectivity index (χ3n) is 4.59. The highest BCUT2D eigenvalue weighted by molar-refractivity contribution is 9.10. The topological polar surface area (TPSA) is 82.1 Å². The van der Waals surface area contributed by atoms with Crippen molar-refractivity contribution in [2.45, 2.75) is 27.4 Å². The SMILES string of the molecule is CCOc1cc(/C=C2/SC(=O)N(CC(=O)OCC(C)C)C2=O)cc(Br)c1OCc1ccccc1. The first-order chi connectivity index (χ1) is 16.3. The fraction of sp³-hybridized carbons (Fsp3) is 0.320. The first kappa shape index (κ1) is 25.8. The van der Waals surface area contributed by atoms with Crippen LogP contribution in [0.15, 0.2) is 51.8 Å². The fourth-order valence-electron chi connectivity index (χ4n) is 3.03. The maximum absolute atomic E-state index is 12.8. The molecule has 0 radical (unpaired) electrons. The molecule has 1 heterocycles. The number of benzene rings is 2. The van der Waals surface area contributed by atoms with Crippen LogP contribution < -0.4 is 9.47 Å². The molecule has 2 amide bonds. The fourth-order valence-corrected chi connectivity index (χ4v) is 4.44. The van der Waals surface area contributed by atoms with Crippen molar-refractivity contribution in [1.82, 2.24) is 4.90 Å². The summed E-state index contributed by atoms with van der Waals surface area (Å²) in [5.74, 6) is 0.0734. The molecule has 1 fully saturated rings. The molecule has 0 saturated carbocycles. The number of nitrogens with zero attached hydrogens (tertiary/aromatic N) is 1. The number of ether oxygens (including phenoxy) is 3. The number of thioether (sulfide) groups is 1. The van der Waals surface area contributed by atoms with Crippen LogP contribution in [0.4, 0.5) is 4.79 Å². The summed E-state index contributed by atoms with van der Waals surface area (Å²) in [5.41, 5.74) is 1.66. The van der Waals surface area contributed by atoms with E-state index in [0.29, 0.717) is 34.7 Å². The van der Waals surface area contributed by atoms with Crippen LogP contribution in [0.25, 0.3) is 6.08 Å². The predicted octanol–water partition coefficient (Wildman–Crippen LogP) is 5.66. The molecular formula is C25H26BrNO6S. The van der Waals surface area contributed by atoms with Crippen LogP contribution in [0.3, 0.4) is 0 Å². The second-order valence-electron chi connectivity index (χ2n) is 7.88. The Kier molecular flexibility index (Phi) is 9.18. The average Bonchev–Trinajstić information content (AvgIpc) is 3.05. The van der Waals surface area contributed by atoms with Crippen molar-refractivity contribution < 1.29 is 28.6 Å². The lowest BCUT2D eigenvalue weighted by molar-refractivity contribution is -0.147. The van der Waals surface area contributed by atoms with Crippen LogP contribution >= 0.6 is 27.7 Å². The van der Waals surface area contributed by atoms with Crippen molar-refractivity contribution in [1.29, 1.82) is 0 Å². The van der Waals surface area contributed by atoms with Gasteiger partial charge in [-0.05, 0) is 69.9 Å². The van der Waals surface area contributed by atoms with Gasteiger partial charge >= 0.3 is 5.97 Å². The summed E-state index contributed by atoms with van der Waals surface area (Å²) in [6.45, 7) is 6.29. The van der Waals surface area contributed by atoms with E-state index >= 15 is 0 Å². The van der Waals surface area contributed by atoms with Gasteiger partial charge in [0.1, 0.15) is 13.2 Å². The number of hydrogen-bond acceptors (Lipinski definition) is 7. The molecule has 0 bridgehead atoms. The monoisotopic (exact) mass is 547 g/mol. The van der Waals surface area contributed by atoms with E-state index in [-0.39, 0.29) is 17.4 Å². The van der Waals surface area contributed by atoms with Crippen LogP contribution in [-0.4, -0.2) is 41.8 Å². The van der Waals surface area contributed by atoms with E-state index in [0.717, 1.165) is 22.2 Å². The highest BCUT2D eigenvalue weighted by Crippen LogP contribution is 2.39. The van der Waals surface area contributed by atoms with Gasteiger partial charge in [0, 0.05) is 0 Å². The Morgan fingerprint density at radius 2 is 1.88 bits per heavy atom. The van der Waals surface area contributed by atoms with Gasteiger partial charge in [-0.15, -0.1) is 0 Å². The Hall–Kier alpha value is -2.78. The number of rotatable bonds is 10. The zero-order valence-corrected chi connectivity index (χ0v) is 21.6. The van der Waals surface area contributed by atoms with E-state index in [1.54, 1.807) is 18.2 Å². The molecule has 1 aliphatic rings. The van der Waals surface area contributed by atoms with E-state index in [9.17, 15) is 14.4 Å². The van der Waals surface area contributed by atoms with Gasteiger partial charge in [0.05, 0.1) is 22.6 Å². The van der Waals surface area contributed by atoms with Crippen molar-refractivity contribution in [2.24, 2.45) is 5.92 Å². The lowest BCUT2D eigenvalue weighted by atomic mass is 10.1. The van der Waals surface area contributed by atoms with Gasteiger partial charge in [-0.2, -0.15) is 0 Å². The van der Waals surface area contributed by atoms with Gasteiger partial charge in [0.2, 0.25) is 0 Å². The highest BCUT2D eigenvalue weighted by Gasteiger charge is 2.36. The van der Waals surface area contributed by atoms with Crippen LogP contribution in [-0.2, 0) is 20.9 Å². The second-order valence-corrected chi connectivity index (χ2v) is 9.73. The van der Waals surface area contributed by atoms with E-state index < -0.39 is 23.7 Å². The largest absolute Gasteiger partial charge is 0.490 e. The summed E-state index contributed by atoms with van der Waals surface area (Å²) in [6.07, 6.45) is 1.60. The zero-order valence-electron chi connectivity index (χ0n) is 19.2. The number of esters is 1. The molecule has 2 aromatic carbocycles. The Morgan fingerprint density at radius 3 is 2.56 bits per heavy atom. The smallest absolute Gasteiger partial charge is 0.326 e. The molecule has 2 aromatic rings. The van der Waals surface area contributed by atoms with Crippen molar-refractivity contribution in [2.75, 3.05) is 19.8 Å². The Balaban J connectivity index is 1.77. The Bertz CT molecular complexity index is 1090. The molecule has 34 heavy (non-hydrogen) atoms. The molecule has 0 N–H and O–H groups in total. The van der Waals surface area contributed by atoms with E-state index in [1.165, 1.54) is 0 Å². The number of carbonyl (C=O) groups is 3. The summed E-state index contributed by atoms with van der Waals surface area (Å²) in [6, 6.07) is 13.3. The molecular weight excluding hydrogens is 522 g/mol. The molecule has 0 spiro atoms. The van der Waals surface area contributed by atoms with Crippen molar-refractivity contribution in [3.8, 4) is 11.5 Å². The lowest BCUT2D eigenvalue weighted by Crippen LogP contribution is -2.34. The van der Waals surface area contributed by atoms with Gasteiger partial charge in [0.15, 0.2) is 11.5 Å². The number of carbonyl (C=O) groups excluding carboxylic acids is 3. The highest BCUT2D eigenvalue weighted by atomic mass is 79.9. The maximum Gasteiger partial charge on any atom is 0.326 e. The van der Waals surface area contributed by atoms with E-state index in [2.05, 4.69) is 15.9 Å². The first-order valence-corrected chi connectivity index (χ1v) is 12.4. The minimum absolute atomic E-state index is 0.163. The molecule has 0 unspecified atom stereocenters. The van der Waals surface area contributed by atoms with Crippen molar-refractivity contribution in [3.05, 3.63) is 63.0 Å². The number of imide groups is 1. The molecule has 1 saturated heterocycles. The third kappa shape index (κ3) is 6.87. The summed E-state index contributed by atoms with van der Waals surface area (Å²) in [7, 11) is 0. The minimum atomic E-state index is -0.612. The number of amides is 2.